The van der Waals surface area contributed by atoms with Gasteiger partial charge in [0.1, 0.15) is 0 Å². The Labute approximate surface area is 136 Å². The molecule has 2 amide bonds. The third-order valence-corrected chi connectivity index (χ3v) is 4.05. The number of hydrogen-bond acceptors (Lipinski definition) is 3. The second-order valence-corrected chi connectivity index (χ2v) is 5.71. The van der Waals surface area contributed by atoms with E-state index in [0.717, 1.165) is 31.2 Å². The van der Waals surface area contributed by atoms with Crippen LogP contribution in [0.25, 0.3) is 0 Å². The van der Waals surface area contributed by atoms with Crippen molar-refractivity contribution in [3.05, 3.63) is 35.4 Å². The molecule has 0 heterocycles. The lowest BCUT2D eigenvalue weighted by atomic mass is 9.92. The summed E-state index contributed by atoms with van der Waals surface area (Å²) in [6, 6.07) is 6.30. The molecule has 1 aromatic carbocycles. The molecule has 1 fully saturated rings. The molecule has 2 atom stereocenters. The quantitative estimate of drug-likeness (QED) is 0.751. The van der Waals surface area contributed by atoms with Gasteiger partial charge in [-0.15, -0.1) is 0 Å². The molecule has 0 bridgehead atoms. The summed E-state index contributed by atoms with van der Waals surface area (Å²) in [5.41, 5.74) is 1.09. The van der Waals surface area contributed by atoms with Crippen LogP contribution in [0.5, 0.6) is 0 Å². The first-order chi connectivity index (χ1) is 11.1. The van der Waals surface area contributed by atoms with E-state index in [1.807, 2.05) is 6.92 Å². The highest BCUT2D eigenvalue weighted by Gasteiger charge is 2.26. The average Bonchev–Trinajstić information content (AvgIpc) is 2.55. The van der Waals surface area contributed by atoms with Gasteiger partial charge in [0.05, 0.1) is 17.7 Å². The Morgan fingerprint density at radius 1 is 1.22 bits per heavy atom. The second-order valence-electron chi connectivity index (χ2n) is 5.71. The summed E-state index contributed by atoms with van der Waals surface area (Å²) in [5, 5.41) is 14.6. The number of aromatic carboxylic acids is 1. The van der Waals surface area contributed by atoms with Crippen molar-refractivity contribution in [1.29, 1.82) is 0 Å². The molecule has 0 aromatic heterocycles. The minimum absolute atomic E-state index is 0.0538. The lowest BCUT2D eigenvalue weighted by Gasteiger charge is -2.31. The van der Waals surface area contributed by atoms with Gasteiger partial charge in [-0.3, -0.25) is 0 Å². The zero-order valence-electron chi connectivity index (χ0n) is 13.4. The highest BCUT2D eigenvalue weighted by atomic mass is 16.5. The number of carbonyl (C=O) groups is 2. The zero-order chi connectivity index (χ0) is 16.7. The molecule has 0 radical (unpaired) electrons. The second kappa shape index (κ2) is 8.53. The fourth-order valence-electron chi connectivity index (χ4n) is 2.84. The number of hydrogen-bond donors (Lipinski definition) is 3. The summed E-state index contributed by atoms with van der Waals surface area (Å²) in [4.78, 5) is 22.8. The summed E-state index contributed by atoms with van der Waals surface area (Å²) in [5.74, 6) is -0.957. The number of urea groups is 1. The molecule has 0 spiro atoms. The number of carboxylic acid groups (broad SMARTS) is 1. The summed E-state index contributed by atoms with van der Waals surface area (Å²) in [7, 11) is 0. The monoisotopic (exact) mass is 320 g/mol. The van der Waals surface area contributed by atoms with Crippen LogP contribution in [0.2, 0.25) is 0 Å². The van der Waals surface area contributed by atoms with Crippen LogP contribution in [0.15, 0.2) is 24.3 Å². The van der Waals surface area contributed by atoms with Crippen molar-refractivity contribution in [1.82, 2.24) is 10.6 Å². The van der Waals surface area contributed by atoms with E-state index in [2.05, 4.69) is 10.6 Å². The number of carboxylic acids is 1. The lowest BCUT2D eigenvalue weighted by Crippen LogP contribution is -2.49. The van der Waals surface area contributed by atoms with Gasteiger partial charge < -0.3 is 20.5 Å². The maximum Gasteiger partial charge on any atom is 0.335 e. The van der Waals surface area contributed by atoms with Gasteiger partial charge in [-0.2, -0.15) is 0 Å². The molecule has 23 heavy (non-hydrogen) atoms. The number of nitrogens with one attached hydrogen (secondary N) is 2. The van der Waals surface area contributed by atoms with Crippen molar-refractivity contribution in [2.24, 2.45) is 0 Å². The molecule has 0 saturated heterocycles. The van der Waals surface area contributed by atoms with Crippen LogP contribution in [0.4, 0.5) is 4.79 Å². The van der Waals surface area contributed by atoms with E-state index in [-0.39, 0.29) is 23.7 Å². The molecule has 1 aliphatic carbocycles. The van der Waals surface area contributed by atoms with E-state index in [0.29, 0.717) is 13.2 Å². The summed E-state index contributed by atoms with van der Waals surface area (Å²) in [6.45, 7) is 2.98. The number of amides is 2. The van der Waals surface area contributed by atoms with E-state index in [4.69, 9.17) is 9.84 Å². The van der Waals surface area contributed by atoms with Crippen LogP contribution in [0, 0.1) is 0 Å². The van der Waals surface area contributed by atoms with Gasteiger partial charge in [0.2, 0.25) is 0 Å². The molecular formula is C17H24N2O4. The van der Waals surface area contributed by atoms with Crippen LogP contribution in [0.1, 0.15) is 48.5 Å². The molecule has 1 aromatic rings. The Bertz CT molecular complexity index is 528. The molecule has 1 saturated carbocycles. The largest absolute Gasteiger partial charge is 0.478 e. The normalized spacial score (nSPS) is 20.7. The van der Waals surface area contributed by atoms with E-state index < -0.39 is 5.97 Å². The van der Waals surface area contributed by atoms with Gasteiger partial charge in [0.25, 0.3) is 0 Å². The van der Waals surface area contributed by atoms with Crippen molar-refractivity contribution in [3.8, 4) is 0 Å². The van der Waals surface area contributed by atoms with Gasteiger partial charge in [-0.1, -0.05) is 25.0 Å². The number of benzene rings is 1. The highest BCUT2D eigenvalue weighted by Crippen LogP contribution is 2.21. The maximum atomic E-state index is 12.0. The minimum atomic E-state index is -0.957. The van der Waals surface area contributed by atoms with Crippen LogP contribution in [-0.2, 0) is 11.3 Å². The van der Waals surface area contributed by atoms with Crippen molar-refractivity contribution in [2.45, 2.75) is 51.3 Å². The van der Waals surface area contributed by atoms with Crippen LogP contribution in [-0.4, -0.2) is 35.9 Å². The highest BCUT2D eigenvalue weighted by molar-refractivity contribution is 5.87. The Kier molecular flexibility index (Phi) is 6.40. The lowest BCUT2D eigenvalue weighted by molar-refractivity contribution is 0.0153. The molecule has 2 rings (SSSR count). The SMILES string of the molecule is CCO[C@@H]1CCCC[C@H]1NC(=O)NCc1ccc(C(=O)O)cc1. The fraction of sp³-hybridized carbons (Fsp3) is 0.529. The van der Waals surface area contributed by atoms with Crippen LogP contribution in [0.3, 0.4) is 0 Å². The number of carbonyl (C=O) groups excluding carboxylic acids is 1. The van der Waals surface area contributed by atoms with Gasteiger partial charge in [0, 0.05) is 13.2 Å². The molecule has 0 aliphatic heterocycles. The van der Waals surface area contributed by atoms with E-state index in [9.17, 15) is 9.59 Å². The third-order valence-electron chi connectivity index (χ3n) is 4.05. The van der Waals surface area contributed by atoms with Gasteiger partial charge >= 0.3 is 12.0 Å². The van der Waals surface area contributed by atoms with Gasteiger partial charge in [-0.05, 0) is 37.5 Å². The number of ether oxygens (including phenoxy) is 1. The molecule has 6 heteroatoms. The Balaban J connectivity index is 1.80. The zero-order valence-corrected chi connectivity index (χ0v) is 13.4. The summed E-state index contributed by atoms with van der Waals surface area (Å²) < 4.78 is 5.70. The Hall–Kier alpha value is -2.08. The molecule has 3 N–H and O–H groups in total. The van der Waals surface area contributed by atoms with E-state index >= 15 is 0 Å². The first kappa shape index (κ1) is 17.3. The predicted octanol–water partition coefficient (Wildman–Crippen LogP) is 2.53. The average molecular weight is 320 g/mol. The van der Waals surface area contributed by atoms with Crippen molar-refractivity contribution in [3.63, 3.8) is 0 Å². The van der Waals surface area contributed by atoms with E-state index in [1.165, 1.54) is 12.1 Å². The fourth-order valence-corrected chi connectivity index (χ4v) is 2.84. The van der Waals surface area contributed by atoms with E-state index in [1.54, 1.807) is 12.1 Å². The smallest absolute Gasteiger partial charge is 0.335 e. The van der Waals surface area contributed by atoms with Crippen molar-refractivity contribution in [2.75, 3.05) is 6.61 Å². The predicted molar refractivity (Wildman–Crippen MR) is 86.4 cm³/mol. The summed E-state index contributed by atoms with van der Waals surface area (Å²) in [6.07, 6.45) is 4.25. The standard InChI is InChI=1S/C17H24N2O4/c1-2-23-15-6-4-3-5-14(15)19-17(22)18-11-12-7-9-13(10-8-12)16(20)21/h7-10,14-15H,2-6,11H2,1H3,(H,20,21)(H2,18,19,22)/t14-,15-/m1/s1. The van der Waals surface area contributed by atoms with Crippen molar-refractivity contribution >= 4 is 12.0 Å². The Morgan fingerprint density at radius 2 is 1.91 bits per heavy atom. The number of rotatable bonds is 6. The Morgan fingerprint density at radius 3 is 2.57 bits per heavy atom. The van der Waals surface area contributed by atoms with Crippen molar-refractivity contribution < 1.29 is 19.4 Å². The minimum Gasteiger partial charge on any atom is -0.478 e. The van der Waals surface area contributed by atoms with Gasteiger partial charge in [0.15, 0.2) is 0 Å². The third kappa shape index (κ3) is 5.25. The molecule has 0 unspecified atom stereocenters. The molecule has 1 aliphatic rings. The summed E-state index contributed by atoms with van der Waals surface area (Å²) >= 11 is 0. The molecule has 6 nitrogen and oxygen atoms in total. The molecular weight excluding hydrogens is 296 g/mol. The van der Waals surface area contributed by atoms with Crippen LogP contribution < -0.4 is 10.6 Å². The maximum absolute atomic E-state index is 12.0. The molecule has 126 valence electrons. The van der Waals surface area contributed by atoms with Crippen LogP contribution >= 0.6 is 0 Å². The first-order valence-corrected chi connectivity index (χ1v) is 8.08. The van der Waals surface area contributed by atoms with Gasteiger partial charge in [-0.25, -0.2) is 9.59 Å². The first-order valence-electron chi connectivity index (χ1n) is 8.08. The topological polar surface area (TPSA) is 87.7 Å².